The molecular formula is C15H28N2OS. The molecule has 19 heavy (non-hydrogen) atoms. The third kappa shape index (κ3) is 7.06. The van der Waals surface area contributed by atoms with E-state index in [2.05, 4.69) is 55.5 Å². The van der Waals surface area contributed by atoms with Gasteiger partial charge in [-0.1, -0.05) is 6.07 Å². The molecule has 1 atom stereocenters. The van der Waals surface area contributed by atoms with Crippen LogP contribution < -0.4 is 5.32 Å². The fraction of sp³-hybridized carbons (Fsp3) is 0.733. The van der Waals surface area contributed by atoms with Crippen molar-refractivity contribution in [3.05, 3.63) is 22.4 Å². The highest BCUT2D eigenvalue weighted by molar-refractivity contribution is 7.10. The fourth-order valence-corrected chi connectivity index (χ4v) is 2.68. The summed E-state index contributed by atoms with van der Waals surface area (Å²) in [7, 11) is 2.19. The molecule has 0 aromatic carbocycles. The molecule has 1 unspecified atom stereocenters. The lowest BCUT2D eigenvalue weighted by Gasteiger charge is -2.23. The molecule has 1 N–H and O–H groups in total. The second-order valence-corrected chi connectivity index (χ2v) is 6.17. The van der Waals surface area contributed by atoms with Crippen LogP contribution in [0, 0.1) is 0 Å². The van der Waals surface area contributed by atoms with Crippen LogP contribution in [0.2, 0.25) is 0 Å². The Balaban J connectivity index is 2.03. The lowest BCUT2D eigenvalue weighted by Crippen LogP contribution is -2.31. The molecule has 0 amide bonds. The Hall–Kier alpha value is -0.420. The molecule has 110 valence electrons. The van der Waals surface area contributed by atoms with Gasteiger partial charge in [-0.3, -0.25) is 4.90 Å². The SMILES string of the molecule is CC(C)OCCCNCCN(C)C(C)c1cccs1. The minimum atomic E-state index is 0.345. The number of hydrogen-bond acceptors (Lipinski definition) is 4. The topological polar surface area (TPSA) is 24.5 Å². The summed E-state index contributed by atoms with van der Waals surface area (Å²) in [5, 5.41) is 5.62. The Morgan fingerprint density at radius 2 is 2.11 bits per heavy atom. The third-order valence-electron chi connectivity index (χ3n) is 3.21. The second-order valence-electron chi connectivity index (χ2n) is 5.20. The van der Waals surface area contributed by atoms with Gasteiger partial charge in [0.15, 0.2) is 0 Å². The first kappa shape index (κ1) is 16.6. The van der Waals surface area contributed by atoms with Crippen LogP contribution in [-0.4, -0.2) is 44.3 Å². The number of likely N-dealkylation sites (N-methyl/N-ethyl adjacent to an activating group) is 1. The molecule has 0 spiro atoms. The predicted octanol–water partition coefficient (Wildman–Crippen LogP) is 3.15. The van der Waals surface area contributed by atoms with Gasteiger partial charge in [0.1, 0.15) is 0 Å². The van der Waals surface area contributed by atoms with Gasteiger partial charge in [-0.2, -0.15) is 0 Å². The first-order valence-electron chi connectivity index (χ1n) is 7.17. The van der Waals surface area contributed by atoms with Crippen LogP contribution in [0.15, 0.2) is 17.5 Å². The molecule has 0 bridgehead atoms. The monoisotopic (exact) mass is 284 g/mol. The van der Waals surface area contributed by atoms with Crippen molar-refractivity contribution in [1.82, 2.24) is 10.2 Å². The largest absolute Gasteiger partial charge is 0.379 e. The maximum Gasteiger partial charge on any atom is 0.0518 e. The molecular weight excluding hydrogens is 256 g/mol. The molecule has 0 fully saturated rings. The molecule has 0 aliphatic carbocycles. The van der Waals surface area contributed by atoms with E-state index in [0.717, 1.165) is 32.7 Å². The van der Waals surface area contributed by atoms with Crippen LogP contribution in [0.4, 0.5) is 0 Å². The minimum Gasteiger partial charge on any atom is -0.379 e. The van der Waals surface area contributed by atoms with Crippen molar-refractivity contribution < 1.29 is 4.74 Å². The normalized spacial score (nSPS) is 13.4. The average Bonchev–Trinajstić information content (AvgIpc) is 2.89. The zero-order valence-electron chi connectivity index (χ0n) is 12.7. The molecule has 1 rings (SSSR count). The van der Waals surface area contributed by atoms with E-state index >= 15 is 0 Å². The van der Waals surface area contributed by atoms with E-state index in [1.807, 2.05) is 11.3 Å². The van der Waals surface area contributed by atoms with Crippen LogP contribution in [0.3, 0.4) is 0 Å². The van der Waals surface area contributed by atoms with Crippen LogP contribution in [0.1, 0.15) is 38.1 Å². The highest BCUT2D eigenvalue weighted by Crippen LogP contribution is 2.22. The van der Waals surface area contributed by atoms with Gasteiger partial charge in [-0.15, -0.1) is 11.3 Å². The molecule has 0 radical (unpaired) electrons. The number of hydrogen-bond donors (Lipinski definition) is 1. The van der Waals surface area contributed by atoms with E-state index < -0.39 is 0 Å². The molecule has 0 aliphatic rings. The molecule has 1 heterocycles. The molecule has 0 saturated heterocycles. The third-order valence-corrected chi connectivity index (χ3v) is 4.25. The molecule has 1 aromatic rings. The molecule has 3 nitrogen and oxygen atoms in total. The van der Waals surface area contributed by atoms with Crippen molar-refractivity contribution in [2.45, 2.75) is 39.3 Å². The Bertz CT molecular complexity index is 314. The van der Waals surface area contributed by atoms with Gasteiger partial charge in [-0.05, 0) is 52.2 Å². The average molecular weight is 284 g/mol. The van der Waals surface area contributed by atoms with E-state index in [-0.39, 0.29) is 0 Å². The molecule has 0 aliphatic heterocycles. The fourth-order valence-electron chi connectivity index (χ4n) is 1.84. The van der Waals surface area contributed by atoms with Crippen LogP contribution >= 0.6 is 11.3 Å². The summed E-state index contributed by atoms with van der Waals surface area (Å²) in [6.07, 6.45) is 1.43. The Labute approximate surface area is 122 Å². The number of thiophene rings is 1. The van der Waals surface area contributed by atoms with Gasteiger partial charge in [-0.25, -0.2) is 0 Å². The van der Waals surface area contributed by atoms with Crippen molar-refractivity contribution >= 4 is 11.3 Å². The predicted molar refractivity (Wildman–Crippen MR) is 83.9 cm³/mol. The number of nitrogens with one attached hydrogen (secondary N) is 1. The van der Waals surface area contributed by atoms with Gasteiger partial charge in [0.05, 0.1) is 6.10 Å². The van der Waals surface area contributed by atoms with Crippen LogP contribution in [0.5, 0.6) is 0 Å². The Kier molecular flexibility index (Phi) is 8.30. The van der Waals surface area contributed by atoms with Crippen molar-refractivity contribution in [3.63, 3.8) is 0 Å². The van der Waals surface area contributed by atoms with Gasteiger partial charge < -0.3 is 10.1 Å². The lowest BCUT2D eigenvalue weighted by atomic mass is 10.2. The second kappa shape index (κ2) is 9.48. The Morgan fingerprint density at radius 1 is 1.32 bits per heavy atom. The number of ether oxygens (including phenoxy) is 1. The van der Waals surface area contributed by atoms with Crippen LogP contribution in [-0.2, 0) is 4.74 Å². The summed E-state index contributed by atoms with van der Waals surface area (Å²) in [6, 6.07) is 4.84. The first-order valence-corrected chi connectivity index (χ1v) is 8.05. The summed E-state index contributed by atoms with van der Waals surface area (Å²) < 4.78 is 5.51. The maximum absolute atomic E-state index is 5.51. The zero-order chi connectivity index (χ0) is 14.1. The minimum absolute atomic E-state index is 0.345. The van der Waals surface area contributed by atoms with Gasteiger partial charge >= 0.3 is 0 Å². The summed E-state index contributed by atoms with van der Waals surface area (Å²) in [5.41, 5.74) is 0. The van der Waals surface area contributed by atoms with Crippen molar-refractivity contribution in [2.24, 2.45) is 0 Å². The standard InChI is InChI=1S/C15H28N2OS/c1-13(2)18-11-6-8-16-9-10-17(4)14(3)15-7-5-12-19-15/h5,7,12-14,16H,6,8-11H2,1-4H3. The highest BCUT2D eigenvalue weighted by Gasteiger charge is 2.11. The highest BCUT2D eigenvalue weighted by atomic mass is 32.1. The van der Waals surface area contributed by atoms with E-state index in [4.69, 9.17) is 4.74 Å². The summed E-state index contributed by atoms with van der Waals surface area (Å²) >= 11 is 1.83. The van der Waals surface area contributed by atoms with E-state index in [0.29, 0.717) is 12.1 Å². The van der Waals surface area contributed by atoms with Crippen molar-refractivity contribution in [3.8, 4) is 0 Å². The summed E-state index contributed by atoms with van der Waals surface area (Å²) in [6.45, 7) is 10.4. The first-order chi connectivity index (χ1) is 9.11. The number of rotatable bonds is 10. The summed E-state index contributed by atoms with van der Waals surface area (Å²) in [5.74, 6) is 0. The van der Waals surface area contributed by atoms with Gasteiger partial charge in [0.2, 0.25) is 0 Å². The van der Waals surface area contributed by atoms with E-state index in [1.54, 1.807) is 0 Å². The smallest absolute Gasteiger partial charge is 0.0518 e. The van der Waals surface area contributed by atoms with Gasteiger partial charge in [0, 0.05) is 30.6 Å². The molecule has 1 aromatic heterocycles. The zero-order valence-corrected chi connectivity index (χ0v) is 13.5. The van der Waals surface area contributed by atoms with Crippen LogP contribution in [0.25, 0.3) is 0 Å². The Morgan fingerprint density at radius 3 is 2.74 bits per heavy atom. The van der Waals surface area contributed by atoms with E-state index in [9.17, 15) is 0 Å². The van der Waals surface area contributed by atoms with Crippen molar-refractivity contribution in [2.75, 3.05) is 33.3 Å². The van der Waals surface area contributed by atoms with Crippen molar-refractivity contribution in [1.29, 1.82) is 0 Å². The lowest BCUT2D eigenvalue weighted by molar-refractivity contribution is 0.0770. The molecule has 0 saturated carbocycles. The maximum atomic E-state index is 5.51. The molecule has 4 heteroatoms. The van der Waals surface area contributed by atoms with Gasteiger partial charge in [0.25, 0.3) is 0 Å². The quantitative estimate of drug-likeness (QED) is 0.668. The van der Waals surface area contributed by atoms with E-state index in [1.165, 1.54) is 4.88 Å². The number of nitrogens with zero attached hydrogens (tertiary/aromatic N) is 1. The summed E-state index contributed by atoms with van der Waals surface area (Å²) in [4.78, 5) is 3.83.